The Kier molecular flexibility index (Phi) is 5.67. The van der Waals surface area contributed by atoms with E-state index >= 15 is 0 Å². The Morgan fingerprint density at radius 1 is 1.18 bits per heavy atom. The molecule has 0 heterocycles. The summed E-state index contributed by atoms with van der Waals surface area (Å²) in [4.78, 5) is 23.6. The fourth-order valence-corrected chi connectivity index (χ4v) is 2.93. The average molecular weight is 385 g/mol. The zero-order chi connectivity index (χ0) is 20.3. The van der Waals surface area contributed by atoms with Crippen LogP contribution in [-0.4, -0.2) is 31.1 Å². The van der Waals surface area contributed by atoms with Gasteiger partial charge >= 0.3 is 0 Å². The Balaban J connectivity index is 1.80. The molecular formula is C20H23N3O5. The summed E-state index contributed by atoms with van der Waals surface area (Å²) >= 11 is 0. The van der Waals surface area contributed by atoms with E-state index in [0.717, 1.165) is 18.4 Å². The minimum atomic E-state index is -0.476. The molecule has 1 aliphatic carbocycles. The van der Waals surface area contributed by atoms with Crippen LogP contribution in [-0.2, 0) is 0 Å². The van der Waals surface area contributed by atoms with Crippen LogP contribution in [0.15, 0.2) is 36.4 Å². The highest BCUT2D eigenvalue weighted by Crippen LogP contribution is 2.32. The number of benzene rings is 2. The van der Waals surface area contributed by atoms with Crippen molar-refractivity contribution in [3.05, 3.63) is 57.6 Å². The van der Waals surface area contributed by atoms with Gasteiger partial charge in [-0.15, -0.1) is 0 Å². The maximum Gasteiger partial charge on any atom is 0.293 e. The molecule has 1 unspecified atom stereocenters. The number of nitrogens with zero attached hydrogens (tertiary/aromatic N) is 1. The third-order valence-corrected chi connectivity index (χ3v) is 4.64. The zero-order valence-corrected chi connectivity index (χ0v) is 16.0. The molecule has 2 aromatic carbocycles. The number of amides is 1. The smallest absolute Gasteiger partial charge is 0.293 e. The van der Waals surface area contributed by atoms with Crippen molar-refractivity contribution in [1.82, 2.24) is 5.32 Å². The summed E-state index contributed by atoms with van der Waals surface area (Å²) in [7, 11) is 3.11. The van der Waals surface area contributed by atoms with Crippen molar-refractivity contribution in [2.24, 2.45) is 0 Å². The lowest BCUT2D eigenvalue weighted by Gasteiger charge is -2.18. The number of nitro benzene ring substituents is 1. The molecule has 0 aromatic heterocycles. The highest BCUT2D eigenvalue weighted by molar-refractivity contribution is 5.96. The van der Waals surface area contributed by atoms with Crippen molar-refractivity contribution in [2.45, 2.75) is 31.8 Å². The maximum atomic E-state index is 12.7. The van der Waals surface area contributed by atoms with Gasteiger partial charge in [0.1, 0.15) is 17.2 Å². The Hall–Kier alpha value is -3.29. The number of nitrogens with one attached hydrogen (secondary N) is 2. The van der Waals surface area contributed by atoms with Crippen LogP contribution in [0.2, 0.25) is 0 Å². The normalized spacial score (nSPS) is 14.1. The molecule has 0 spiro atoms. The predicted molar refractivity (Wildman–Crippen MR) is 105 cm³/mol. The van der Waals surface area contributed by atoms with Gasteiger partial charge in [-0.25, -0.2) is 0 Å². The van der Waals surface area contributed by atoms with E-state index < -0.39 is 10.8 Å². The number of nitro groups is 1. The van der Waals surface area contributed by atoms with Crippen LogP contribution in [0.1, 0.15) is 41.7 Å². The van der Waals surface area contributed by atoms with Crippen LogP contribution in [0.5, 0.6) is 11.5 Å². The Morgan fingerprint density at radius 2 is 1.93 bits per heavy atom. The molecule has 1 amide bonds. The number of rotatable bonds is 8. The molecule has 2 N–H and O–H groups in total. The first kappa shape index (κ1) is 19.5. The van der Waals surface area contributed by atoms with Crippen molar-refractivity contribution in [2.75, 3.05) is 19.5 Å². The van der Waals surface area contributed by atoms with Crippen molar-refractivity contribution in [1.29, 1.82) is 0 Å². The van der Waals surface area contributed by atoms with Crippen LogP contribution < -0.4 is 20.1 Å². The van der Waals surface area contributed by atoms with Crippen molar-refractivity contribution in [3.8, 4) is 11.5 Å². The average Bonchev–Trinajstić information content (AvgIpc) is 3.51. The second kappa shape index (κ2) is 8.16. The van der Waals surface area contributed by atoms with E-state index in [4.69, 9.17) is 9.47 Å². The van der Waals surface area contributed by atoms with Gasteiger partial charge in [0.2, 0.25) is 0 Å². The second-order valence-electron chi connectivity index (χ2n) is 6.71. The van der Waals surface area contributed by atoms with Crippen LogP contribution in [0.25, 0.3) is 0 Å². The highest BCUT2D eigenvalue weighted by atomic mass is 16.6. The van der Waals surface area contributed by atoms with Crippen LogP contribution >= 0.6 is 0 Å². The molecule has 2 aromatic rings. The standard InChI is InChI=1S/C20H23N3O5/c1-12(16-11-15(27-2)7-9-19(16)28-3)21-20(24)13-4-8-17(22-14-5-6-14)18(10-13)23(25)26/h4,7-12,14,22H,5-6H2,1-3H3,(H,21,24). The topological polar surface area (TPSA) is 103 Å². The first-order valence-electron chi connectivity index (χ1n) is 9.00. The van der Waals surface area contributed by atoms with Crippen LogP contribution in [0.4, 0.5) is 11.4 Å². The number of ether oxygens (including phenoxy) is 2. The summed E-state index contributed by atoms with van der Waals surface area (Å²) in [6.07, 6.45) is 2.00. The maximum absolute atomic E-state index is 12.7. The summed E-state index contributed by atoms with van der Waals surface area (Å²) in [5, 5.41) is 17.4. The Morgan fingerprint density at radius 3 is 2.54 bits per heavy atom. The highest BCUT2D eigenvalue weighted by Gasteiger charge is 2.26. The third kappa shape index (κ3) is 4.33. The van der Waals surface area contributed by atoms with Gasteiger partial charge in [0.15, 0.2) is 0 Å². The number of carbonyl (C=O) groups excluding carboxylic acids is 1. The van der Waals surface area contributed by atoms with Gasteiger partial charge in [-0.3, -0.25) is 14.9 Å². The van der Waals surface area contributed by atoms with Gasteiger partial charge in [-0.05, 0) is 50.1 Å². The van der Waals surface area contributed by atoms with Gasteiger partial charge in [-0.2, -0.15) is 0 Å². The number of anilines is 1. The van der Waals surface area contributed by atoms with Crippen molar-refractivity contribution in [3.63, 3.8) is 0 Å². The molecule has 8 nitrogen and oxygen atoms in total. The van der Waals surface area contributed by atoms with E-state index in [0.29, 0.717) is 17.2 Å². The second-order valence-corrected chi connectivity index (χ2v) is 6.71. The lowest BCUT2D eigenvalue weighted by atomic mass is 10.1. The molecule has 148 valence electrons. The largest absolute Gasteiger partial charge is 0.497 e. The molecular weight excluding hydrogens is 362 g/mol. The fourth-order valence-electron chi connectivity index (χ4n) is 2.93. The number of hydrogen-bond donors (Lipinski definition) is 2. The first-order valence-corrected chi connectivity index (χ1v) is 9.00. The summed E-state index contributed by atoms with van der Waals surface area (Å²) in [6.45, 7) is 1.81. The molecule has 28 heavy (non-hydrogen) atoms. The van der Waals surface area contributed by atoms with Gasteiger partial charge < -0.3 is 20.1 Å². The lowest BCUT2D eigenvalue weighted by molar-refractivity contribution is -0.384. The fraction of sp³-hybridized carbons (Fsp3) is 0.350. The number of carbonyl (C=O) groups is 1. The van der Waals surface area contributed by atoms with E-state index in [1.807, 2.05) is 6.92 Å². The van der Waals surface area contributed by atoms with Gasteiger partial charge in [-0.1, -0.05) is 0 Å². The molecule has 0 bridgehead atoms. The molecule has 1 fully saturated rings. The van der Waals surface area contributed by atoms with Crippen molar-refractivity contribution >= 4 is 17.3 Å². The van der Waals surface area contributed by atoms with E-state index in [1.165, 1.54) is 6.07 Å². The molecule has 1 aliphatic rings. The lowest BCUT2D eigenvalue weighted by Crippen LogP contribution is -2.27. The quantitative estimate of drug-likeness (QED) is 0.531. The van der Waals surface area contributed by atoms with E-state index in [-0.39, 0.29) is 23.3 Å². The summed E-state index contributed by atoms with van der Waals surface area (Å²) in [5.74, 6) is 0.852. The monoisotopic (exact) mass is 385 g/mol. The zero-order valence-electron chi connectivity index (χ0n) is 16.0. The number of hydrogen-bond acceptors (Lipinski definition) is 6. The Bertz CT molecular complexity index is 895. The van der Waals surface area contributed by atoms with Crippen LogP contribution in [0, 0.1) is 10.1 Å². The van der Waals surface area contributed by atoms with Gasteiger partial charge in [0.05, 0.1) is 25.2 Å². The summed E-state index contributed by atoms with van der Waals surface area (Å²) < 4.78 is 10.6. The van der Waals surface area contributed by atoms with Gasteiger partial charge in [0, 0.05) is 23.2 Å². The molecule has 0 saturated heterocycles. The SMILES string of the molecule is COc1ccc(OC)c(C(C)NC(=O)c2ccc(NC3CC3)c([N+](=O)[O-])c2)c1. The molecule has 1 atom stereocenters. The molecule has 0 radical (unpaired) electrons. The van der Waals surface area contributed by atoms with E-state index in [2.05, 4.69) is 10.6 Å². The van der Waals surface area contributed by atoms with Crippen LogP contribution in [0.3, 0.4) is 0 Å². The third-order valence-electron chi connectivity index (χ3n) is 4.64. The molecule has 0 aliphatic heterocycles. The molecule has 3 rings (SSSR count). The van der Waals surface area contributed by atoms with Crippen molar-refractivity contribution < 1.29 is 19.2 Å². The van der Waals surface area contributed by atoms with Gasteiger partial charge in [0.25, 0.3) is 11.6 Å². The minimum Gasteiger partial charge on any atom is -0.497 e. The summed E-state index contributed by atoms with van der Waals surface area (Å²) in [5.41, 5.74) is 1.30. The summed E-state index contributed by atoms with van der Waals surface area (Å²) in [6, 6.07) is 9.68. The van der Waals surface area contributed by atoms with E-state index in [1.54, 1.807) is 44.6 Å². The predicted octanol–water partition coefficient (Wildman–Crippen LogP) is 3.68. The van der Waals surface area contributed by atoms with E-state index in [9.17, 15) is 14.9 Å². The Labute approximate surface area is 163 Å². The molecule has 8 heteroatoms. The number of methoxy groups -OCH3 is 2. The first-order chi connectivity index (χ1) is 13.4. The molecule has 1 saturated carbocycles. The minimum absolute atomic E-state index is 0.105.